The van der Waals surface area contributed by atoms with Crippen molar-refractivity contribution in [1.82, 2.24) is 5.43 Å². The number of ether oxygens (including phenoxy) is 1. The van der Waals surface area contributed by atoms with E-state index in [1.165, 1.54) is 0 Å². The van der Waals surface area contributed by atoms with Crippen molar-refractivity contribution in [3.63, 3.8) is 0 Å². The van der Waals surface area contributed by atoms with Gasteiger partial charge in [-0.3, -0.25) is 15.0 Å². The van der Waals surface area contributed by atoms with Gasteiger partial charge in [-0.25, -0.2) is 5.84 Å². The van der Waals surface area contributed by atoms with Crippen molar-refractivity contribution in [2.45, 2.75) is 31.8 Å². The molecule has 0 aromatic heterocycles. The Morgan fingerprint density at radius 3 is 2.63 bits per heavy atom. The molecule has 2 rings (SSSR count). The van der Waals surface area contributed by atoms with Crippen molar-refractivity contribution < 1.29 is 14.3 Å². The van der Waals surface area contributed by atoms with E-state index in [1.807, 2.05) is 0 Å². The maximum Gasteiger partial charge on any atom is 0.265 e. The van der Waals surface area contributed by atoms with Gasteiger partial charge in [0, 0.05) is 18.6 Å². The van der Waals surface area contributed by atoms with E-state index in [-0.39, 0.29) is 11.9 Å². The fourth-order valence-electron chi connectivity index (χ4n) is 2.29. The summed E-state index contributed by atoms with van der Waals surface area (Å²) in [4.78, 5) is 23.9. The summed E-state index contributed by atoms with van der Waals surface area (Å²) in [6.07, 6.45) is 3.32. The van der Waals surface area contributed by atoms with Crippen molar-refractivity contribution in [1.29, 1.82) is 0 Å². The second kappa shape index (κ2) is 6.45. The number of nitrogen functional groups attached to an aromatic ring is 1. The van der Waals surface area contributed by atoms with E-state index in [9.17, 15) is 9.59 Å². The van der Waals surface area contributed by atoms with Gasteiger partial charge in [0.1, 0.15) is 0 Å². The molecule has 1 aromatic rings. The largest absolute Gasteiger partial charge is 0.378 e. The molecule has 5 heteroatoms. The summed E-state index contributed by atoms with van der Waals surface area (Å²) >= 11 is 0. The highest BCUT2D eigenvalue weighted by molar-refractivity contribution is 6.08. The molecule has 1 aliphatic heterocycles. The molecule has 0 saturated carbocycles. The van der Waals surface area contributed by atoms with Crippen molar-refractivity contribution in [3.05, 3.63) is 35.4 Å². The molecule has 1 atom stereocenters. The van der Waals surface area contributed by atoms with Crippen LogP contribution in [-0.2, 0) is 4.74 Å². The van der Waals surface area contributed by atoms with E-state index in [1.54, 1.807) is 24.3 Å². The van der Waals surface area contributed by atoms with E-state index >= 15 is 0 Å². The lowest BCUT2D eigenvalue weighted by molar-refractivity contribution is 0.0128. The Morgan fingerprint density at radius 1 is 1.26 bits per heavy atom. The topological polar surface area (TPSA) is 81.4 Å². The second-order valence-electron chi connectivity index (χ2n) is 4.63. The third-order valence-corrected chi connectivity index (χ3v) is 3.29. The first-order valence-electron chi connectivity index (χ1n) is 6.47. The minimum Gasteiger partial charge on any atom is -0.378 e. The van der Waals surface area contributed by atoms with Crippen LogP contribution in [0.15, 0.2) is 24.3 Å². The summed E-state index contributed by atoms with van der Waals surface area (Å²) < 4.78 is 5.55. The Hall–Kier alpha value is -1.72. The van der Waals surface area contributed by atoms with Gasteiger partial charge in [0.25, 0.3) is 5.91 Å². The molecule has 0 radical (unpaired) electrons. The fourth-order valence-corrected chi connectivity index (χ4v) is 2.29. The minimum atomic E-state index is -0.450. The monoisotopic (exact) mass is 262 g/mol. The minimum absolute atomic E-state index is 0.0322. The van der Waals surface area contributed by atoms with Gasteiger partial charge in [-0.2, -0.15) is 0 Å². The number of nitrogens with one attached hydrogen (secondary N) is 1. The van der Waals surface area contributed by atoms with E-state index in [0.717, 1.165) is 19.3 Å². The molecule has 1 amide bonds. The van der Waals surface area contributed by atoms with Crippen LogP contribution in [0.4, 0.5) is 0 Å². The number of Topliss-reactive ketones (excluding diaryl/α,β-unsaturated/α-hetero) is 1. The van der Waals surface area contributed by atoms with Crippen molar-refractivity contribution in [3.8, 4) is 0 Å². The predicted molar refractivity (Wildman–Crippen MR) is 70.6 cm³/mol. The van der Waals surface area contributed by atoms with Crippen LogP contribution in [0.25, 0.3) is 0 Å². The quantitative estimate of drug-likeness (QED) is 0.372. The molecule has 0 bridgehead atoms. The number of ketones is 1. The Balaban J connectivity index is 2.12. The Bertz CT molecular complexity index is 468. The molecule has 1 fully saturated rings. The van der Waals surface area contributed by atoms with E-state index in [2.05, 4.69) is 5.43 Å². The molecular weight excluding hydrogens is 244 g/mol. The van der Waals surface area contributed by atoms with Crippen LogP contribution >= 0.6 is 0 Å². The highest BCUT2D eigenvalue weighted by Crippen LogP contribution is 2.19. The number of hydrogen-bond donors (Lipinski definition) is 2. The normalized spacial score (nSPS) is 18.9. The molecule has 19 heavy (non-hydrogen) atoms. The number of carbonyl (C=O) groups excluding carboxylic acids is 2. The first-order chi connectivity index (χ1) is 9.22. The Morgan fingerprint density at radius 2 is 2.00 bits per heavy atom. The van der Waals surface area contributed by atoms with Gasteiger partial charge >= 0.3 is 0 Å². The number of carbonyl (C=O) groups is 2. The molecule has 0 spiro atoms. The van der Waals surface area contributed by atoms with Gasteiger partial charge in [-0.15, -0.1) is 0 Å². The molecule has 1 saturated heterocycles. The Kier molecular flexibility index (Phi) is 4.65. The molecule has 102 valence electrons. The molecule has 1 aromatic carbocycles. The van der Waals surface area contributed by atoms with Gasteiger partial charge in [-0.1, -0.05) is 18.2 Å². The van der Waals surface area contributed by atoms with Gasteiger partial charge in [-0.05, 0) is 25.3 Å². The molecule has 1 heterocycles. The molecule has 1 aliphatic rings. The highest BCUT2D eigenvalue weighted by Gasteiger charge is 2.21. The summed E-state index contributed by atoms with van der Waals surface area (Å²) in [5, 5.41) is 0. The van der Waals surface area contributed by atoms with Gasteiger partial charge in [0.15, 0.2) is 5.78 Å². The van der Waals surface area contributed by atoms with Gasteiger partial charge in [0.2, 0.25) is 0 Å². The van der Waals surface area contributed by atoms with Gasteiger partial charge < -0.3 is 4.74 Å². The Labute approximate surface area is 112 Å². The van der Waals surface area contributed by atoms with Gasteiger partial charge in [0.05, 0.1) is 11.7 Å². The maximum atomic E-state index is 12.3. The number of nitrogens with two attached hydrogens (primary N) is 1. The van der Waals surface area contributed by atoms with Crippen molar-refractivity contribution in [2.24, 2.45) is 5.84 Å². The lowest BCUT2D eigenvalue weighted by Crippen LogP contribution is -2.31. The molecule has 3 N–H and O–H groups in total. The summed E-state index contributed by atoms with van der Waals surface area (Å²) in [5.41, 5.74) is 2.77. The van der Waals surface area contributed by atoms with Crippen LogP contribution < -0.4 is 11.3 Å². The molecular formula is C14H18N2O3. The third kappa shape index (κ3) is 3.39. The second-order valence-corrected chi connectivity index (χ2v) is 4.63. The standard InChI is InChI=1S/C14H18N2O3/c15-16-14(18)12-7-2-1-6-11(12)13(17)9-10-5-3-4-8-19-10/h1-2,6-7,10H,3-5,8-9,15H2,(H,16,18). The van der Waals surface area contributed by atoms with Crippen LogP contribution in [0.5, 0.6) is 0 Å². The number of hydrogen-bond acceptors (Lipinski definition) is 4. The summed E-state index contributed by atoms with van der Waals surface area (Å²) in [5.74, 6) is 4.59. The summed E-state index contributed by atoms with van der Waals surface area (Å²) in [6, 6.07) is 6.69. The number of rotatable bonds is 4. The fraction of sp³-hybridized carbons (Fsp3) is 0.429. The van der Waals surface area contributed by atoms with Crippen molar-refractivity contribution >= 4 is 11.7 Å². The molecule has 0 aliphatic carbocycles. The lowest BCUT2D eigenvalue weighted by atomic mass is 9.96. The SMILES string of the molecule is NNC(=O)c1ccccc1C(=O)CC1CCCCO1. The van der Waals surface area contributed by atoms with Crippen molar-refractivity contribution in [2.75, 3.05) is 6.61 Å². The average Bonchev–Trinajstić information content (AvgIpc) is 2.47. The van der Waals surface area contributed by atoms with Crippen LogP contribution in [0.1, 0.15) is 46.4 Å². The molecule has 5 nitrogen and oxygen atoms in total. The lowest BCUT2D eigenvalue weighted by Gasteiger charge is -2.22. The number of hydrazine groups is 1. The van der Waals surface area contributed by atoms with Crippen LogP contribution in [0, 0.1) is 0 Å². The zero-order chi connectivity index (χ0) is 13.7. The van der Waals surface area contributed by atoms with Crippen LogP contribution in [0.2, 0.25) is 0 Å². The van der Waals surface area contributed by atoms with Crippen LogP contribution in [0.3, 0.4) is 0 Å². The molecule has 1 unspecified atom stereocenters. The smallest absolute Gasteiger partial charge is 0.265 e. The van der Waals surface area contributed by atoms with E-state index in [0.29, 0.717) is 24.2 Å². The zero-order valence-electron chi connectivity index (χ0n) is 10.7. The van der Waals surface area contributed by atoms with E-state index < -0.39 is 5.91 Å². The van der Waals surface area contributed by atoms with E-state index in [4.69, 9.17) is 10.6 Å². The first kappa shape index (κ1) is 13.7. The number of amides is 1. The zero-order valence-corrected chi connectivity index (χ0v) is 10.7. The average molecular weight is 262 g/mol. The van der Waals surface area contributed by atoms with Crippen LogP contribution in [-0.4, -0.2) is 24.4 Å². The summed E-state index contributed by atoms with van der Waals surface area (Å²) in [6.45, 7) is 0.711. The predicted octanol–water partition coefficient (Wildman–Crippen LogP) is 1.43. The first-order valence-corrected chi connectivity index (χ1v) is 6.47. The highest BCUT2D eigenvalue weighted by atomic mass is 16.5. The third-order valence-electron chi connectivity index (χ3n) is 3.29. The maximum absolute atomic E-state index is 12.3. The summed E-state index contributed by atoms with van der Waals surface area (Å²) in [7, 11) is 0. The number of benzene rings is 1.